The maximum atomic E-state index is 11.0. The molecule has 0 saturated carbocycles. The molecule has 0 aliphatic heterocycles. The third kappa shape index (κ3) is 3.46. The van der Waals surface area contributed by atoms with E-state index in [1.807, 2.05) is 6.92 Å². The first-order valence-electron chi connectivity index (χ1n) is 4.69. The highest BCUT2D eigenvalue weighted by Crippen LogP contribution is 2.18. The number of aromatic nitrogens is 1. The van der Waals surface area contributed by atoms with Crippen LogP contribution in [0.5, 0.6) is 0 Å². The molecule has 1 atom stereocenters. The molecule has 0 spiro atoms. The minimum atomic E-state index is -1.01. The number of hydrogen-bond donors (Lipinski definition) is 2. The SMILES string of the molecule is COCC(C)Nc1ncc(Br)cc1C(=O)O. The minimum absolute atomic E-state index is 0.00299. The summed E-state index contributed by atoms with van der Waals surface area (Å²) < 4.78 is 5.59. The molecule has 2 N–H and O–H groups in total. The molecule has 1 rings (SSSR count). The molecule has 1 aromatic rings. The number of nitrogens with zero attached hydrogens (tertiary/aromatic N) is 1. The minimum Gasteiger partial charge on any atom is -0.478 e. The summed E-state index contributed by atoms with van der Waals surface area (Å²) in [4.78, 5) is 15.0. The van der Waals surface area contributed by atoms with E-state index in [1.165, 1.54) is 6.07 Å². The van der Waals surface area contributed by atoms with Crippen LogP contribution in [0.25, 0.3) is 0 Å². The van der Waals surface area contributed by atoms with Gasteiger partial charge in [-0.25, -0.2) is 9.78 Å². The van der Waals surface area contributed by atoms with Crippen molar-refractivity contribution in [3.05, 3.63) is 22.3 Å². The highest BCUT2D eigenvalue weighted by Gasteiger charge is 2.13. The number of nitrogens with one attached hydrogen (secondary N) is 1. The molecule has 1 aromatic heterocycles. The zero-order valence-electron chi connectivity index (χ0n) is 9.03. The van der Waals surface area contributed by atoms with Gasteiger partial charge in [-0.15, -0.1) is 0 Å². The van der Waals surface area contributed by atoms with Crippen LogP contribution in [0.3, 0.4) is 0 Å². The van der Waals surface area contributed by atoms with Gasteiger partial charge in [-0.1, -0.05) is 0 Å². The number of carboxylic acid groups (broad SMARTS) is 1. The average molecular weight is 289 g/mol. The smallest absolute Gasteiger partial charge is 0.339 e. The van der Waals surface area contributed by atoms with Gasteiger partial charge >= 0.3 is 5.97 Å². The lowest BCUT2D eigenvalue weighted by atomic mass is 10.2. The molecule has 0 saturated heterocycles. The van der Waals surface area contributed by atoms with Crippen molar-refractivity contribution in [2.45, 2.75) is 13.0 Å². The van der Waals surface area contributed by atoms with Crippen LogP contribution in [0, 0.1) is 0 Å². The van der Waals surface area contributed by atoms with Crippen molar-refractivity contribution in [1.82, 2.24) is 4.98 Å². The Balaban J connectivity index is 2.90. The maximum Gasteiger partial charge on any atom is 0.339 e. The lowest BCUT2D eigenvalue weighted by Crippen LogP contribution is -2.23. The molecule has 0 aromatic carbocycles. The number of carbonyl (C=O) groups is 1. The van der Waals surface area contributed by atoms with Crippen LogP contribution in [0.1, 0.15) is 17.3 Å². The Morgan fingerprint density at radius 1 is 1.75 bits per heavy atom. The summed E-state index contributed by atoms with van der Waals surface area (Å²) in [7, 11) is 1.59. The van der Waals surface area contributed by atoms with E-state index >= 15 is 0 Å². The second-order valence-corrected chi connectivity index (χ2v) is 4.27. The van der Waals surface area contributed by atoms with Crippen molar-refractivity contribution >= 4 is 27.7 Å². The molecule has 88 valence electrons. The normalized spacial score (nSPS) is 12.2. The Labute approximate surface area is 102 Å². The lowest BCUT2D eigenvalue weighted by Gasteiger charge is -2.14. The standard InChI is InChI=1S/C10H13BrN2O3/c1-6(5-16-2)13-9-8(10(14)15)3-7(11)4-12-9/h3-4,6H,5H2,1-2H3,(H,12,13)(H,14,15). The van der Waals surface area contributed by atoms with E-state index in [0.717, 1.165) is 0 Å². The molecular formula is C10H13BrN2O3. The molecule has 1 heterocycles. The molecule has 0 fully saturated rings. The van der Waals surface area contributed by atoms with Gasteiger partial charge in [0, 0.05) is 23.8 Å². The fourth-order valence-corrected chi connectivity index (χ4v) is 1.57. The van der Waals surface area contributed by atoms with Crippen LogP contribution >= 0.6 is 15.9 Å². The Hall–Kier alpha value is -1.14. The third-order valence-electron chi connectivity index (χ3n) is 1.88. The van der Waals surface area contributed by atoms with Crippen LogP contribution in [-0.4, -0.2) is 35.8 Å². The molecular weight excluding hydrogens is 276 g/mol. The van der Waals surface area contributed by atoms with Gasteiger partial charge in [-0.3, -0.25) is 0 Å². The zero-order valence-corrected chi connectivity index (χ0v) is 10.6. The fourth-order valence-electron chi connectivity index (χ4n) is 1.24. The van der Waals surface area contributed by atoms with Gasteiger partial charge in [-0.05, 0) is 28.9 Å². The first-order chi connectivity index (χ1) is 7.54. The van der Waals surface area contributed by atoms with Crippen molar-refractivity contribution in [1.29, 1.82) is 0 Å². The van der Waals surface area contributed by atoms with Gasteiger partial charge in [0.05, 0.1) is 6.61 Å². The van der Waals surface area contributed by atoms with E-state index < -0.39 is 5.97 Å². The van der Waals surface area contributed by atoms with Crippen molar-refractivity contribution < 1.29 is 14.6 Å². The first-order valence-corrected chi connectivity index (χ1v) is 5.48. The van der Waals surface area contributed by atoms with Gasteiger partial charge in [0.25, 0.3) is 0 Å². The van der Waals surface area contributed by atoms with E-state index in [1.54, 1.807) is 13.3 Å². The molecule has 5 nitrogen and oxygen atoms in total. The van der Waals surface area contributed by atoms with Crippen LogP contribution in [-0.2, 0) is 4.74 Å². The fraction of sp³-hybridized carbons (Fsp3) is 0.400. The van der Waals surface area contributed by atoms with Crippen molar-refractivity contribution in [2.75, 3.05) is 19.0 Å². The summed E-state index contributed by atoms with van der Waals surface area (Å²) in [6.07, 6.45) is 1.55. The Morgan fingerprint density at radius 2 is 2.44 bits per heavy atom. The number of halogens is 1. The lowest BCUT2D eigenvalue weighted by molar-refractivity contribution is 0.0697. The molecule has 16 heavy (non-hydrogen) atoms. The molecule has 0 aliphatic carbocycles. The maximum absolute atomic E-state index is 11.0. The summed E-state index contributed by atoms with van der Waals surface area (Å²) in [6.45, 7) is 2.37. The van der Waals surface area contributed by atoms with Crippen molar-refractivity contribution in [3.63, 3.8) is 0 Å². The van der Waals surface area contributed by atoms with Gasteiger partial charge < -0.3 is 15.2 Å². The summed E-state index contributed by atoms with van der Waals surface area (Å²) in [5.41, 5.74) is 0.136. The molecule has 0 aliphatic rings. The van der Waals surface area contributed by atoms with Gasteiger partial charge in [-0.2, -0.15) is 0 Å². The van der Waals surface area contributed by atoms with Crippen molar-refractivity contribution in [2.24, 2.45) is 0 Å². The Morgan fingerprint density at radius 3 is 3.00 bits per heavy atom. The molecule has 0 bridgehead atoms. The number of rotatable bonds is 5. The van der Waals surface area contributed by atoms with E-state index in [9.17, 15) is 4.79 Å². The van der Waals surface area contributed by atoms with Crippen LogP contribution in [0.2, 0.25) is 0 Å². The highest BCUT2D eigenvalue weighted by atomic mass is 79.9. The monoisotopic (exact) mass is 288 g/mol. The summed E-state index contributed by atoms with van der Waals surface area (Å²) in [5, 5.41) is 12.0. The van der Waals surface area contributed by atoms with Crippen LogP contribution < -0.4 is 5.32 Å². The Bertz CT molecular complexity index is 384. The zero-order chi connectivity index (χ0) is 12.1. The molecule has 6 heteroatoms. The average Bonchev–Trinajstić information content (AvgIpc) is 2.20. The van der Waals surface area contributed by atoms with E-state index in [-0.39, 0.29) is 11.6 Å². The number of aromatic carboxylic acids is 1. The van der Waals surface area contributed by atoms with Crippen molar-refractivity contribution in [3.8, 4) is 0 Å². The molecule has 0 amide bonds. The molecule has 1 unspecified atom stereocenters. The van der Waals surface area contributed by atoms with Gasteiger partial charge in [0.1, 0.15) is 11.4 Å². The number of carboxylic acids is 1. The Kier molecular flexibility index (Phi) is 4.70. The summed E-state index contributed by atoms with van der Waals surface area (Å²) >= 11 is 3.18. The first kappa shape index (κ1) is 12.9. The van der Waals surface area contributed by atoms with E-state index in [4.69, 9.17) is 9.84 Å². The number of anilines is 1. The number of ether oxygens (including phenoxy) is 1. The van der Waals surface area contributed by atoms with E-state index in [2.05, 4.69) is 26.2 Å². The summed E-state index contributed by atoms with van der Waals surface area (Å²) in [5.74, 6) is -0.666. The number of methoxy groups -OCH3 is 1. The predicted octanol–water partition coefficient (Wildman–Crippen LogP) is 1.99. The summed E-state index contributed by atoms with van der Waals surface area (Å²) in [6, 6.07) is 1.51. The van der Waals surface area contributed by atoms with Crippen LogP contribution in [0.15, 0.2) is 16.7 Å². The van der Waals surface area contributed by atoms with Crippen LogP contribution in [0.4, 0.5) is 5.82 Å². The van der Waals surface area contributed by atoms with E-state index in [0.29, 0.717) is 16.9 Å². The second kappa shape index (κ2) is 5.81. The largest absolute Gasteiger partial charge is 0.478 e. The number of hydrogen-bond acceptors (Lipinski definition) is 4. The van der Waals surface area contributed by atoms with Gasteiger partial charge in [0.2, 0.25) is 0 Å². The topological polar surface area (TPSA) is 71.5 Å². The quantitative estimate of drug-likeness (QED) is 0.867. The highest BCUT2D eigenvalue weighted by molar-refractivity contribution is 9.10. The number of pyridine rings is 1. The predicted molar refractivity (Wildman–Crippen MR) is 63.9 cm³/mol. The van der Waals surface area contributed by atoms with Gasteiger partial charge in [0.15, 0.2) is 0 Å². The second-order valence-electron chi connectivity index (χ2n) is 3.36. The molecule has 0 radical (unpaired) electrons. The third-order valence-corrected chi connectivity index (χ3v) is 2.32.